The predicted molar refractivity (Wildman–Crippen MR) is 136 cm³/mol. The van der Waals surface area contributed by atoms with Gasteiger partial charge < -0.3 is 15.3 Å². The molecule has 9 atom stereocenters. The Morgan fingerprint density at radius 2 is 1.62 bits per heavy atom. The van der Waals surface area contributed by atoms with Crippen molar-refractivity contribution in [2.45, 2.75) is 112 Å². The summed E-state index contributed by atoms with van der Waals surface area (Å²) in [5.41, 5.74) is 1.21. The fourth-order valence-electron chi connectivity index (χ4n) is 10.4. The maximum atomic E-state index is 11.2. The SMILES string of the molecule is C[C@H](CC/C=C(\CO)C(=O)O)[C@@H]1CC[C@]2(C)[C@H]3CC[C@H]4C(C)(C)[C@@H](O)CC[C@]4(C)[C@@H]3CC[C@@]12C. The highest BCUT2D eigenvalue weighted by Gasteiger charge is 2.67. The number of carbonyl (C=O) groups is 1. The molecule has 0 heterocycles. The first-order valence-electron chi connectivity index (χ1n) is 14.0. The molecule has 4 rings (SSSR count). The van der Waals surface area contributed by atoms with Gasteiger partial charge in [0.1, 0.15) is 0 Å². The van der Waals surface area contributed by atoms with Crippen LogP contribution in [0.5, 0.6) is 0 Å². The maximum absolute atomic E-state index is 11.2. The van der Waals surface area contributed by atoms with Crippen LogP contribution < -0.4 is 0 Å². The Morgan fingerprint density at radius 1 is 0.941 bits per heavy atom. The molecule has 0 aliphatic heterocycles. The number of hydrogen-bond acceptors (Lipinski definition) is 3. The molecule has 0 bridgehead atoms. The van der Waals surface area contributed by atoms with Crippen LogP contribution in [0.1, 0.15) is 106 Å². The molecular weight excluding hydrogens is 424 g/mol. The molecule has 0 unspecified atom stereocenters. The maximum Gasteiger partial charge on any atom is 0.333 e. The number of rotatable bonds is 6. The van der Waals surface area contributed by atoms with Crippen LogP contribution in [0.2, 0.25) is 0 Å². The second-order valence-electron chi connectivity index (χ2n) is 14.0. The summed E-state index contributed by atoms with van der Waals surface area (Å²) in [4.78, 5) is 11.2. The van der Waals surface area contributed by atoms with E-state index in [0.29, 0.717) is 34.0 Å². The van der Waals surface area contributed by atoms with Crippen LogP contribution in [-0.2, 0) is 4.79 Å². The molecule has 0 spiro atoms. The number of fused-ring (bicyclic) bond motifs is 5. The Bertz CT molecular complexity index is 817. The highest BCUT2D eigenvalue weighted by molar-refractivity contribution is 5.86. The van der Waals surface area contributed by atoms with Gasteiger partial charge in [0.15, 0.2) is 0 Å². The van der Waals surface area contributed by atoms with E-state index in [0.717, 1.165) is 31.1 Å². The molecule has 3 N–H and O–H groups in total. The van der Waals surface area contributed by atoms with E-state index in [1.807, 2.05) is 0 Å². The van der Waals surface area contributed by atoms with Gasteiger partial charge in [0, 0.05) is 0 Å². The molecule has 0 aromatic heterocycles. The molecule has 0 aromatic rings. The molecule has 0 amide bonds. The van der Waals surface area contributed by atoms with Gasteiger partial charge in [-0.2, -0.15) is 0 Å². The number of carboxylic acid groups (broad SMARTS) is 1. The number of aliphatic hydroxyl groups is 2. The summed E-state index contributed by atoms with van der Waals surface area (Å²) in [7, 11) is 0. The van der Waals surface area contributed by atoms with Crippen molar-refractivity contribution in [3.63, 3.8) is 0 Å². The molecule has 0 saturated heterocycles. The Morgan fingerprint density at radius 3 is 2.26 bits per heavy atom. The number of aliphatic carboxylic acids is 1. The van der Waals surface area contributed by atoms with Crippen LogP contribution in [0.3, 0.4) is 0 Å². The van der Waals surface area contributed by atoms with Crippen LogP contribution in [0.25, 0.3) is 0 Å². The van der Waals surface area contributed by atoms with E-state index in [1.54, 1.807) is 6.08 Å². The van der Waals surface area contributed by atoms with E-state index in [-0.39, 0.29) is 23.7 Å². The summed E-state index contributed by atoms with van der Waals surface area (Å²) in [6.07, 6.45) is 13.2. The van der Waals surface area contributed by atoms with E-state index in [4.69, 9.17) is 0 Å². The van der Waals surface area contributed by atoms with Crippen LogP contribution in [0.4, 0.5) is 0 Å². The lowest BCUT2D eigenvalue weighted by Crippen LogP contribution is -2.61. The van der Waals surface area contributed by atoms with Crippen molar-refractivity contribution < 1.29 is 20.1 Å². The number of hydrogen-bond donors (Lipinski definition) is 3. The van der Waals surface area contributed by atoms with Crippen molar-refractivity contribution in [1.82, 2.24) is 0 Å². The molecule has 4 nitrogen and oxygen atoms in total. The zero-order valence-electron chi connectivity index (χ0n) is 22.6. The normalized spacial score (nSPS) is 46.8. The van der Waals surface area contributed by atoms with Gasteiger partial charge in [-0.1, -0.05) is 47.6 Å². The van der Waals surface area contributed by atoms with Crippen LogP contribution in [0.15, 0.2) is 11.6 Å². The largest absolute Gasteiger partial charge is 0.478 e. The van der Waals surface area contributed by atoms with Gasteiger partial charge >= 0.3 is 5.97 Å². The van der Waals surface area contributed by atoms with Gasteiger partial charge in [0.2, 0.25) is 0 Å². The highest BCUT2D eigenvalue weighted by Crippen LogP contribution is 2.74. The fraction of sp³-hybridized carbons (Fsp3) is 0.900. The second kappa shape index (κ2) is 8.91. The summed E-state index contributed by atoms with van der Waals surface area (Å²) in [6.45, 7) is 14.4. The summed E-state index contributed by atoms with van der Waals surface area (Å²) >= 11 is 0. The lowest BCUT2D eigenvalue weighted by Gasteiger charge is -2.67. The minimum absolute atomic E-state index is 0.0171. The van der Waals surface area contributed by atoms with Gasteiger partial charge in [-0.25, -0.2) is 4.79 Å². The fourth-order valence-corrected chi connectivity index (χ4v) is 10.4. The molecule has 4 fully saturated rings. The molecule has 4 aliphatic rings. The third kappa shape index (κ3) is 3.72. The minimum Gasteiger partial charge on any atom is -0.478 e. The van der Waals surface area contributed by atoms with Crippen molar-refractivity contribution in [2.24, 2.45) is 51.2 Å². The zero-order valence-corrected chi connectivity index (χ0v) is 22.6. The van der Waals surface area contributed by atoms with E-state index < -0.39 is 5.97 Å². The van der Waals surface area contributed by atoms with Gasteiger partial charge in [0.05, 0.1) is 18.3 Å². The molecule has 4 aliphatic carbocycles. The van der Waals surface area contributed by atoms with Gasteiger partial charge in [-0.3, -0.25) is 0 Å². The summed E-state index contributed by atoms with van der Waals surface area (Å²) in [5.74, 6) is 2.42. The van der Waals surface area contributed by atoms with Crippen molar-refractivity contribution in [3.8, 4) is 0 Å². The third-order valence-electron chi connectivity index (χ3n) is 12.6. The first-order chi connectivity index (χ1) is 15.8. The van der Waals surface area contributed by atoms with Gasteiger partial charge in [-0.05, 0) is 115 Å². The highest BCUT2D eigenvalue weighted by atomic mass is 16.4. The van der Waals surface area contributed by atoms with Crippen molar-refractivity contribution >= 4 is 5.97 Å². The second-order valence-corrected chi connectivity index (χ2v) is 14.0. The van der Waals surface area contributed by atoms with E-state index in [9.17, 15) is 20.1 Å². The summed E-state index contributed by atoms with van der Waals surface area (Å²) in [5, 5.41) is 29.3. The first-order valence-corrected chi connectivity index (χ1v) is 14.0. The quantitative estimate of drug-likeness (QED) is 0.386. The lowest BCUT2D eigenvalue weighted by atomic mass is 9.38. The third-order valence-corrected chi connectivity index (χ3v) is 12.6. The molecule has 4 saturated carbocycles. The number of aliphatic hydroxyl groups excluding tert-OH is 2. The Hall–Kier alpha value is -0.870. The summed E-state index contributed by atoms with van der Waals surface area (Å²) in [6, 6.07) is 0. The van der Waals surface area contributed by atoms with E-state index in [1.165, 1.54) is 44.9 Å². The average molecular weight is 475 g/mol. The molecular formula is C30H50O4. The van der Waals surface area contributed by atoms with E-state index >= 15 is 0 Å². The summed E-state index contributed by atoms with van der Waals surface area (Å²) < 4.78 is 0. The van der Waals surface area contributed by atoms with Gasteiger partial charge in [0.25, 0.3) is 0 Å². The molecule has 4 heteroatoms. The molecule has 194 valence electrons. The monoisotopic (exact) mass is 474 g/mol. The predicted octanol–water partition coefficient (Wildman–Crippen LogP) is 6.45. The standard InChI is InChI=1S/C30H50O4/c1-19(8-7-9-20(18-31)26(33)34)21-12-16-30(6)23-10-11-24-27(2,3)25(32)14-15-28(24,4)22(23)13-17-29(21,30)5/h9,19,21-25,31-32H,7-8,10-18H2,1-6H3,(H,33,34)/b20-9+/t19-,21+,22-,23+,24+,25+,28-,29+,30-/m1/s1. The molecule has 34 heavy (non-hydrogen) atoms. The van der Waals surface area contributed by atoms with Crippen LogP contribution in [0, 0.1) is 51.2 Å². The Balaban J connectivity index is 1.53. The zero-order chi connectivity index (χ0) is 25.1. The van der Waals surface area contributed by atoms with Crippen molar-refractivity contribution in [1.29, 1.82) is 0 Å². The van der Waals surface area contributed by atoms with Crippen LogP contribution in [-0.4, -0.2) is 34.0 Å². The van der Waals surface area contributed by atoms with Crippen LogP contribution >= 0.6 is 0 Å². The molecule has 0 radical (unpaired) electrons. The Labute approximate surface area is 207 Å². The number of allylic oxidation sites excluding steroid dienone is 1. The smallest absolute Gasteiger partial charge is 0.333 e. The van der Waals surface area contributed by atoms with Gasteiger partial charge in [-0.15, -0.1) is 0 Å². The average Bonchev–Trinajstić information content (AvgIpc) is 3.05. The van der Waals surface area contributed by atoms with Crippen molar-refractivity contribution in [3.05, 3.63) is 11.6 Å². The van der Waals surface area contributed by atoms with E-state index in [2.05, 4.69) is 41.5 Å². The minimum atomic E-state index is -1.00. The topological polar surface area (TPSA) is 77.8 Å². The van der Waals surface area contributed by atoms with Crippen molar-refractivity contribution in [2.75, 3.05) is 6.61 Å². The lowest BCUT2D eigenvalue weighted by molar-refractivity contribution is -0.200. The Kier molecular flexibility index (Phi) is 6.86. The first kappa shape index (κ1) is 26.2. The molecule has 0 aromatic carbocycles. The number of carboxylic acids is 1.